The molecule has 0 saturated heterocycles. The first-order valence-electron chi connectivity index (χ1n) is 7.45. The van der Waals surface area contributed by atoms with E-state index in [2.05, 4.69) is 20.9 Å². The Morgan fingerprint density at radius 1 is 1.31 bits per heavy atom. The lowest BCUT2D eigenvalue weighted by Gasteiger charge is -2.25. The Kier molecular flexibility index (Phi) is 4.56. The van der Waals surface area contributed by atoms with Crippen LogP contribution < -0.4 is 4.90 Å². The zero-order chi connectivity index (χ0) is 19.0. The molecule has 1 aliphatic rings. The minimum Gasteiger partial charge on any atom is -0.503 e. The normalized spacial score (nSPS) is 16.9. The smallest absolute Gasteiger partial charge is 0.295 e. The number of nitro benzene ring substituents is 1. The summed E-state index contributed by atoms with van der Waals surface area (Å²) in [6, 6.07) is 7.78. The maximum Gasteiger partial charge on any atom is 0.295 e. The molecular formula is C17H12BrN3O5. The molecule has 1 amide bonds. The Morgan fingerprint density at radius 3 is 2.58 bits per heavy atom. The van der Waals surface area contributed by atoms with Gasteiger partial charge in [-0.25, -0.2) is 4.98 Å². The first-order chi connectivity index (χ1) is 12.3. The highest BCUT2D eigenvalue weighted by Gasteiger charge is 2.46. The summed E-state index contributed by atoms with van der Waals surface area (Å²) >= 11 is 3.24. The van der Waals surface area contributed by atoms with Crippen LogP contribution in [0.4, 0.5) is 11.5 Å². The van der Waals surface area contributed by atoms with Gasteiger partial charge in [-0.2, -0.15) is 0 Å². The zero-order valence-electron chi connectivity index (χ0n) is 13.4. The predicted octanol–water partition coefficient (Wildman–Crippen LogP) is 3.24. The molecule has 132 valence electrons. The third kappa shape index (κ3) is 2.86. The van der Waals surface area contributed by atoms with Crippen molar-refractivity contribution in [2.45, 2.75) is 13.0 Å². The summed E-state index contributed by atoms with van der Waals surface area (Å²) in [5, 5.41) is 21.7. The Hall–Kier alpha value is -3.07. The number of halogens is 1. The van der Waals surface area contributed by atoms with E-state index < -0.39 is 28.4 Å². The van der Waals surface area contributed by atoms with Crippen molar-refractivity contribution in [3.63, 3.8) is 0 Å². The fourth-order valence-corrected chi connectivity index (χ4v) is 3.13. The Labute approximate surface area is 156 Å². The fourth-order valence-electron chi connectivity index (χ4n) is 2.89. The molecule has 0 unspecified atom stereocenters. The van der Waals surface area contributed by atoms with Crippen molar-refractivity contribution < 1.29 is 19.6 Å². The largest absolute Gasteiger partial charge is 0.503 e. The fraction of sp³-hybridized carbons (Fsp3) is 0.118. The number of benzene rings is 1. The van der Waals surface area contributed by atoms with E-state index in [1.165, 1.54) is 37.4 Å². The van der Waals surface area contributed by atoms with Gasteiger partial charge in [-0.1, -0.05) is 12.1 Å². The quantitative estimate of drug-likeness (QED) is 0.603. The number of nitrogens with zero attached hydrogens (tertiary/aromatic N) is 3. The Balaban J connectivity index is 2.25. The number of aliphatic hydroxyl groups is 1. The number of hydrogen-bond donors (Lipinski definition) is 1. The van der Waals surface area contributed by atoms with Crippen LogP contribution >= 0.6 is 15.9 Å². The van der Waals surface area contributed by atoms with Crippen LogP contribution in [0.15, 0.2) is 58.4 Å². The average Bonchev–Trinajstić information content (AvgIpc) is 2.87. The molecule has 1 aliphatic heterocycles. The molecule has 0 radical (unpaired) electrons. The van der Waals surface area contributed by atoms with Gasteiger partial charge in [0.2, 0.25) is 0 Å². The van der Waals surface area contributed by atoms with E-state index in [1.807, 2.05) is 0 Å². The molecule has 1 N–H and O–H groups in total. The zero-order valence-corrected chi connectivity index (χ0v) is 15.0. The standard InChI is InChI=1S/C17H12BrN3O5/c1-9(22)14-15(11-4-2-3-5-12(11)21(25)26)20(17(24)16(14)23)13-7-6-10(18)8-19-13/h2-8,15,23H,1H3/t15-/m0/s1. The topological polar surface area (TPSA) is 114 Å². The van der Waals surface area contributed by atoms with Gasteiger partial charge in [0.1, 0.15) is 11.9 Å². The molecule has 26 heavy (non-hydrogen) atoms. The maximum absolute atomic E-state index is 12.6. The maximum atomic E-state index is 12.6. The molecule has 1 aromatic heterocycles. The van der Waals surface area contributed by atoms with Crippen molar-refractivity contribution in [2.24, 2.45) is 0 Å². The molecule has 2 aromatic rings. The van der Waals surface area contributed by atoms with E-state index in [4.69, 9.17) is 0 Å². The summed E-state index contributed by atoms with van der Waals surface area (Å²) < 4.78 is 0.666. The van der Waals surface area contributed by atoms with E-state index in [-0.39, 0.29) is 22.6 Å². The second-order valence-corrected chi connectivity index (χ2v) is 6.46. The van der Waals surface area contributed by atoms with Crippen LogP contribution in [0, 0.1) is 10.1 Å². The van der Waals surface area contributed by atoms with Gasteiger partial charge in [0, 0.05) is 16.7 Å². The van der Waals surface area contributed by atoms with Gasteiger partial charge in [-0.15, -0.1) is 0 Å². The molecule has 1 aromatic carbocycles. The number of para-hydroxylation sites is 1. The van der Waals surface area contributed by atoms with E-state index in [9.17, 15) is 24.8 Å². The predicted molar refractivity (Wildman–Crippen MR) is 95.6 cm³/mol. The monoisotopic (exact) mass is 417 g/mol. The Morgan fingerprint density at radius 2 is 2.00 bits per heavy atom. The van der Waals surface area contributed by atoms with Crippen LogP contribution in [0.1, 0.15) is 18.5 Å². The minimum atomic E-state index is -1.14. The number of aliphatic hydroxyl groups excluding tert-OH is 1. The van der Waals surface area contributed by atoms with Crippen molar-refractivity contribution in [3.8, 4) is 0 Å². The number of Topliss-reactive ketones (excluding diaryl/α,β-unsaturated/α-hetero) is 1. The van der Waals surface area contributed by atoms with E-state index in [1.54, 1.807) is 12.1 Å². The highest BCUT2D eigenvalue weighted by atomic mass is 79.9. The molecule has 1 atom stereocenters. The van der Waals surface area contributed by atoms with Crippen molar-refractivity contribution in [3.05, 3.63) is 74.1 Å². The molecule has 0 bridgehead atoms. The molecule has 0 saturated carbocycles. The minimum absolute atomic E-state index is 0.116. The van der Waals surface area contributed by atoms with Crippen LogP contribution in [0.3, 0.4) is 0 Å². The number of anilines is 1. The summed E-state index contributed by atoms with van der Waals surface area (Å²) in [6.07, 6.45) is 1.45. The number of carbonyl (C=O) groups is 2. The molecular weight excluding hydrogens is 406 g/mol. The Bertz CT molecular complexity index is 955. The van der Waals surface area contributed by atoms with Crippen molar-refractivity contribution in [2.75, 3.05) is 4.90 Å². The SMILES string of the molecule is CC(=O)C1=C(O)C(=O)N(c2ccc(Br)cn2)[C@H]1c1ccccc1[N+](=O)[O-]. The molecule has 8 nitrogen and oxygen atoms in total. The number of aromatic nitrogens is 1. The lowest BCUT2D eigenvalue weighted by Crippen LogP contribution is -2.32. The summed E-state index contributed by atoms with van der Waals surface area (Å²) in [4.78, 5) is 40.8. The van der Waals surface area contributed by atoms with Crippen molar-refractivity contribution in [1.29, 1.82) is 0 Å². The van der Waals surface area contributed by atoms with Crippen LogP contribution in [0.5, 0.6) is 0 Å². The van der Waals surface area contributed by atoms with Gasteiger partial charge in [-0.3, -0.25) is 24.6 Å². The first kappa shape index (κ1) is 17.7. The third-order valence-electron chi connectivity index (χ3n) is 3.97. The van der Waals surface area contributed by atoms with E-state index in [0.29, 0.717) is 4.47 Å². The average molecular weight is 418 g/mol. The highest BCUT2D eigenvalue weighted by Crippen LogP contribution is 2.43. The molecule has 9 heteroatoms. The number of pyridine rings is 1. The van der Waals surface area contributed by atoms with Gasteiger partial charge < -0.3 is 5.11 Å². The van der Waals surface area contributed by atoms with Crippen LogP contribution in [-0.2, 0) is 9.59 Å². The second-order valence-electron chi connectivity index (χ2n) is 5.55. The number of amides is 1. The van der Waals surface area contributed by atoms with Crippen molar-refractivity contribution in [1.82, 2.24) is 4.98 Å². The number of carbonyl (C=O) groups excluding carboxylic acids is 2. The first-order valence-corrected chi connectivity index (χ1v) is 8.24. The van der Waals surface area contributed by atoms with E-state index >= 15 is 0 Å². The summed E-state index contributed by atoms with van der Waals surface area (Å²) in [5.74, 6) is -1.97. The van der Waals surface area contributed by atoms with Gasteiger partial charge in [0.15, 0.2) is 11.5 Å². The molecule has 0 aliphatic carbocycles. The number of rotatable bonds is 4. The lowest BCUT2D eigenvalue weighted by molar-refractivity contribution is -0.385. The highest BCUT2D eigenvalue weighted by molar-refractivity contribution is 9.10. The molecule has 2 heterocycles. The number of hydrogen-bond acceptors (Lipinski definition) is 6. The number of ketones is 1. The third-order valence-corrected chi connectivity index (χ3v) is 4.44. The van der Waals surface area contributed by atoms with Crippen LogP contribution in [-0.4, -0.2) is 26.7 Å². The molecule has 0 spiro atoms. The van der Waals surface area contributed by atoms with Gasteiger partial charge >= 0.3 is 0 Å². The summed E-state index contributed by atoms with van der Waals surface area (Å²) in [6.45, 7) is 1.19. The summed E-state index contributed by atoms with van der Waals surface area (Å²) in [7, 11) is 0. The summed E-state index contributed by atoms with van der Waals surface area (Å²) in [5.41, 5.74) is -0.348. The number of nitro groups is 1. The van der Waals surface area contributed by atoms with Crippen LogP contribution in [0.25, 0.3) is 0 Å². The van der Waals surface area contributed by atoms with Crippen LogP contribution in [0.2, 0.25) is 0 Å². The molecule has 0 fully saturated rings. The van der Waals surface area contributed by atoms with Crippen molar-refractivity contribution >= 4 is 39.1 Å². The lowest BCUT2D eigenvalue weighted by atomic mass is 9.95. The van der Waals surface area contributed by atoms with Gasteiger partial charge in [0.05, 0.1) is 16.1 Å². The molecule has 3 rings (SSSR count). The van der Waals surface area contributed by atoms with E-state index in [0.717, 1.165) is 4.90 Å². The van der Waals surface area contributed by atoms with Gasteiger partial charge in [-0.05, 0) is 41.1 Å². The second kappa shape index (κ2) is 6.68. The van der Waals surface area contributed by atoms with Gasteiger partial charge in [0.25, 0.3) is 11.6 Å².